The van der Waals surface area contributed by atoms with Crippen LogP contribution in [0.4, 0.5) is 42.2 Å². The highest BCUT2D eigenvalue weighted by atomic mass is 19.4. The van der Waals surface area contributed by atoms with Crippen LogP contribution < -0.4 is 15.4 Å². The number of ether oxygens (including phenoxy) is 2. The van der Waals surface area contributed by atoms with Crippen molar-refractivity contribution in [3.05, 3.63) is 41.0 Å². The predicted octanol–water partition coefficient (Wildman–Crippen LogP) is 5.61. The van der Waals surface area contributed by atoms with E-state index in [4.69, 9.17) is 17.9 Å². The quantitative estimate of drug-likeness (QED) is 0.291. The Hall–Kier alpha value is -3.39. The molecule has 14 heteroatoms. The maximum Gasteiger partial charge on any atom is 0.417 e. The van der Waals surface area contributed by atoms with Gasteiger partial charge in [-0.1, -0.05) is 0 Å². The molecule has 7 rings (SSSR count). The van der Waals surface area contributed by atoms with Gasteiger partial charge in [0.25, 0.3) is 0 Å². The number of aryl methyl sites for hydroxylation is 1. The van der Waals surface area contributed by atoms with E-state index in [1.807, 2.05) is 0 Å². The molecule has 3 aromatic rings. The molecular weight excluding hydrogens is 595 g/mol. The zero-order valence-electron chi connectivity index (χ0n) is 25.5. The smallest absolute Gasteiger partial charge is 0.417 e. The van der Waals surface area contributed by atoms with Crippen LogP contribution in [0.25, 0.3) is 22.0 Å². The van der Waals surface area contributed by atoms with Gasteiger partial charge in [0.2, 0.25) is 0 Å². The fourth-order valence-electron chi connectivity index (χ4n) is 7.15. The van der Waals surface area contributed by atoms with Crippen molar-refractivity contribution in [3.8, 4) is 17.1 Å². The molecule has 4 aliphatic rings. The Labute approximate surface area is 250 Å². The average Bonchev–Trinajstić information content (AvgIpc) is 3.30. The lowest BCUT2D eigenvalue weighted by atomic mass is 9.93. The van der Waals surface area contributed by atoms with Crippen LogP contribution in [0, 0.1) is 24.5 Å². The molecular formula is C30H30F7N5O2. The van der Waals surface area contributed by atoms with Gasteiger partial charge in [-0.15, -0.1) is 0 Å². The van der Waals surface area contributed by atoms with Crippen LogP contribution in [0.2, 0.25) is 0 Å². The van der Waals surface area contributed by atoms with Gasteiger partial charge in [-0.3, -0.25) is 4.90 Å². The highest BCUT2D eigenvalue weighted by Gasteiger charge is 2.56. The van der Waals surface area contributed by atoms with Crippen molar-refractivity contribution in [1.29, 1.82) is 0 Å². The lowest BCUT2D eigenvalue weighted by Gasteiger charge is -2.31. The minimum atomic E-state index is -5.01. The summed E-state index contributed by atoms with van der Waals surface area (Å²) in [4.78, 5) is 11.5. The highest BCUT2D eigenvalue weighted by Crippen LogP contribution is 2.47. The number of anilines is 2. The standard InChI is InChI=1S/C30H30F7N5O2/c1-14-7-16(38)8-17(22(14)30(35,36)37)21-20(32)9-18-25(24(21)34)39-28(44-13-29-3-2-4-41(29)11-15(31)10-29)40-27(18)42-5-6-43-12-19-23(33)26(19)42/h7-9,15,19,23,26H,2-6,10-13,38H2,1H3/t15-,19-,23-,26-,29+/m1/s1/i13D2. The van der Waals surface area contributed by atoms with Gasteiger partial charge in [-0.2, -0.15) is 23.1 Å². The van der Waals surface area contributed by atoms with Crippen molar-refractivity contribution >= 4 is 22.4 Å². The number of benzene rings is 2. The van der Waals surface area contributed by atoms with Crippen molar-refractivity contribution in [2.45, 2.75) is 56.3 Å². The third kappa shape index (κ3) is 4.72. The summed E-state index contributed by atoms with van der Waals surface area (Å²) < 4.78 is 134. The molecule has 2 aromatic carbocycles. The molecule has 0 amide bonds. The van der Waals surface area contributed by atoms with Crippen LogP contribution in [-0.4, -0.2) is 78.2 Å². The molecule has 2 N–H and O–H groups in total. The molecule has 4 heterocycles. The molecule has 3 aliphatic heterocycles. The van der Waals surface area contributed by atoms with E-state index in [9.17, 15) is 22.0 Å². The van der Waals surface area contributed by atoms with Crippen LogP contribution in [0.1, 0.15) is 33.1 Å². The van der Waals surface area contributed by atoms with Crippen molar-refractivity contribution in [2.24, 2.45) is 5.92 Å². The second kappa shape index (κ2) is 10.3. The molecule has 4 fully saturated rings. The lowest BCUT2D eigenvalue weighted by molar-refractivity contribution is -0.137. The fourth-order valence-corrected chi connectivity index (χ4v) is 7.15. The molecule has 5 atom stereocenters. The molecule has 236 valence electrons. The molecule has 0 unspecified atom stereocenters. The number of aromatic nitrogens is 2. The Morgan fingerprint density at radius 1 is 1.18 bits per heavy atom. The molecule has 0 spiro atoms. The largest absolute Gasteiger partial charge is 0.461 e. The maximum absolute atomic E-state index is 16.6. The van der Waals surface area contributed by atoms with Gasteiger partial charge in [0.05, 0.1) is 38.7 Å². The van der Waals surface area contributed by atoms with E-state index >= 15 is 8.78 Å². The van der Waals surface area contributed by atoms with Crippen molar-refractivity contribution in [3.63, 3.8) is 0 Å². The first kappa shape index (κ1) is 27.0. The summed E-state index contributed by atoms with van der Waals surface area (Å²) in [5.74, 6) is -3.63. The van der Waals surface area contributed by atoms with Gasteiger partial charge >= 0.3 is 12.2 Å². The van der Waals surface area contributed by atoms with Gasteiger partial charge in [-0.25, -0.2) is 17.6 Å². The van der Waals surface area contributed by atoms with Crippen LogP contribution >= 0.6 is 0 Å². The topological polar surface area (TPSA) is 76.7 Å². The molecule has 1 saturated carbocycles. The Morgan fingerprint density at radius 2 is 1.98 bits per heavy atom. The van der Waals surface area contributed by atoms with E-state index in [0.29, 0.717) is 13.0 Å². The number of fused-ring (bicyclic) bond motifs is 3. The lowest BCUT2D eigenvalue weighted by Crippen LogP contribution is -2.43. The fraction of sp³-hybridized carbons (Fsp3) is 0.533. The van der Waals surface area contributed by atoms with E-state index in [-0.39, 0.29) is 61.6 Å². The van der Waals surface area contributed by atoms with E-state index in [1.54, 1.807) is 4.90 Å². The molecule has 7 nitrogen and oxygen atoms in total. The summed E-state index contributed by atoms with van der Waals surface area (Å²) in [6.45, 7) is -0.805. The Balaban J connectivity index is 1.43. The number of halogens is 7. The van der Waals surface area contributed by atoms with Crippen molar-refractivity contribution < 1.29 is 42.9 Å². The Morgan fingerprint density at radius 3 is 2.75 bits per heavy atom. The highest BCUT2D eigenvalue weighted by molar-refractivity contribution is 5.95. The van der Waals surface area contributed by atoms with Crippen LogP contribution in [-0.2, 0) is 10.9 Å². The number of nitrogens with zero attached hydrogens (tertiary/aromatic N) is 4. The van der Waals surface area contributed by atoms with E-state index in [1.165, 1.54) is 4.90 Å². The van der Waals surface area contributed by atoms with Gasteiger partial charge in [-0.05, 0) is 50.1 Å². The molecule has 1 aliphatic carbocycles. The SMILES string of the molecule is [2H]C([2H])(Oc1nc(N2CCOC[C@@H]3[C@@H](F)[C@@H]32)c2cc(F)c(-c3cc(N)cc(C)c3C(F)(F)F)c(F)c2n1)[C@@]12CCCN1C[C@H](F)C2. The van der Waals surface area contributed by atoms with E-state index < -0.39 is 82.4 Å². The normalized spacial score (nSPS) is 29.7. The van der Waals surface area contributed by atoms with Crippen LogP contribution in [0.15, 0.2) is 18.2 Å². The maximum atomic E-state index is 16.6. The summed E-state index contributed by atoms with van der Waals surface area (Å²) in [7, 11) is 0. The first-order chi connectivity index (χ1) is 21.6. The summed E-state index contributed by atoms with van der Waals surface area (Å²) in [5.41, 5.74) is 0.0337. The van der Waals surface area contributed by atoms with E-state index in [0.717, 1.165) is 25.1 Å². The first-order valence-corrected chi connectivity index (χ1v) is 14.4. The Kier molecular flexibility index (Phi) is 6.33. The number of alkyl halides is 5. The second-order valence-electron chi connectivity index (χ2n) is 12.0. The number of hydrogen-bond acceptors (Lipinski definition) is 7. The third-order valence-electron chi connectivity index (χ3n) is 9.14. The zero-order chi connectivity index (χ0) is 32.9. The average molecular weight is 628 g/mol. The molecule has 3 saturated heterocycles. The molecule has 0 bridgehead atoms. The van der Waals surface area contributed by atoms with Gasteiger partial charge in [0.1, 0.15) is 36.1 Å². The summed E-state index contributed by atoms with van der Waals surface area (Å²) >= 11 is 0. The molecule has 1 aromatic heterocycles. The minimum absolute atomic E-state index is 0.000140. The van der Waals surface area contributed by atoms with Crippen LogP contribution in [0.3, 0.4) is 0 Å². The molecule has 0 radical (unpaired) electrons. The zero-order valence-corrected chi connectivity index (χ0v) is 23.5. The van der Waals surface area contributed by atoms with Crippen molar-refractivity contribution in [2.75, 3.05) is 50.0 Å². The van der Waals surface area contributed by atoms with Crippen molar-refractivity contribution in [1.82, 2.24) is 14.9 Å². The third-order valence-corrected chi connectivity index (χ3v) is 9.14. The first-order valence-electron chi connectivity index (χ1n) is 15.4. The number of nitrogen functional groups attached to an aromatic ring is 1. The number of rotatable bonds is 5. The monoisotopic (exact) mass is 627 g/mol. The van der Waals surface area contributed by atoms with E-state index in [2.05, 4.69) is 9.97 Å². The number of hydrogen-bond donors (Lipinski definition) is 1. The van der Waals surface area contributed by atoms with Gasteiger partial charge in [0, 0.05) is 42.1 Å². The summed E-state index contributed by atoms with van der Waals surface area (Å²) in [5, 5.41) is -0.286. The second-order valence-corrected chi connectivity index (χ2v) is 12.0. The summed E-state index contributed by atoms with van der Waals surface area (Å²) in [6, 6.07) is 1.13. The minimum Gasteiger partial charge on any atom is -0.461 e. The van der Waals surface area contributed by atoms with Gasteiger partial charge < -0.3 is 20.1 Å². The molecule has 44 heavy (non-hydrogen) atoms. The predicted molar refractivity (Wildman–Crippen MR) is 148 cm³/mol. The summed E-state index contributed by atoms with van der Waals surface area (Å²) in [6.07, 6.45) is -7.01. The Bertz CT molecular complexity index is 1730. The number of nitrogens with two attached hydrogens (primary N) is 1. The van der Waals surface area contributed by atoms with Crippen LogP contribution in [0.5, 0.6) is 6.01 Å². The van der Waals surface area contributed by atoms with Gasteiger partial charge in [0.15, 0.2) is 5.82 Å².